The second kappa shape index (κ2) is 8.80. The summed E-state index contributed by atoms with van der Waals surface area (Å²) >= 11 is 0. The fourth-order valence-corrected chi connectivity index (χ4v) is 2.52. The van der Waals surface area contributed by atoms with E-state index < -0.39 is 0 Å². The number of anilines is 2. The van der Waals surface area contributed by atoms with Gasteiger partial charge in [0.25, 0.3) is 0 Å². The van der Waals surface area contributed by atoms with Crippen LogP contribution in [0.15, 0.2) is 60.8 Å². The van der Waals surface area contributed by atoms with E-state index in [4.69, 9.17) is 4.74 Å². The molecule has 0 radical (unpaired) electrons. The molecule has 0 atom stereocenters. The topological polar surface area (TPSA) is 59.1 Å². The lowest BCUT2D eigenvalue weighted by Crippen LogP contribution is -2.10. The van der Waals surface area contributed by atoms with Gasteiger partial charge in [-0.1, -0.05) is 30.3 Å². The summed E-state index contributed by atoms with van der Waals surface area (Å²) in [6.07, 6.45) is 2.50. The summed E-state index contributed by atoms with van der Waals surface area (Å²) in [6, 6.07) is 16.4. The highest BCUT2D eigenvalue weighted by Gasteiger charge is 2.03. The van der Waals surface area contributed by atoms with Crippen molar-refractivity contribution in [2.75, 3.05) is 24.3 Å². The summed E-state index contributed by atoms with van der Waals surface area (Å²) in [4.78, 5) is 8.62. The second-order valence-corrected chi connectivity index (χ2v) is 5.74. The molecule has 0 bridgehead atoms. The Labute approximate surface area is 152 Å². The Hall–Kier alpha value is -3.15. The molecule has 0 unspecified atom stereocenters. The molecule has 0 aliphatic heterocycles. The number of benzene rings is 2. The lowest BCUT2D eigenvalue weighted by molar-refractivity contribution is 0.414. The van der Waals surface area contributed by atoms with Crippen LogP contribution < -0.4 is 15.4 Å². The van der Waals surface area contributed by atoms with Crippen LogP contribution in [0, 0.1) is 5.82 Å². The number of aromatic nitrogens is 2. The molecule has 1 heterocycles. The van der Waals surface area contributed by atoms with Crippen molar-refractivity contribution in [2.45, 2.75) is 13.0 Å². The van der Waals surface area contributed by atoms with E-state index in [1.54, 1.807) is 31.5 Å². The highest BCUT2D eigenvalue weighted by atomic mass is 19.1. The molecule has 5 nitrogen and oxygen atoms in total. The predicted molar refractivity (Wildman–Crippen MR) is 101 cm³/mol. The number of hydrogen-bond donors (Lipinski definition) is 2. The molecule has 3 rings (SSSR count). The van der Waals surface area contributed by atoms with Crippen molar-refractivity contribution in [1.29, 1.82) is 0 Å². The number of ether oxygens (including phenoxy) is 1. The monoisotopic (exact) mass is 352 g/mol. The summed E-state index contributed by atoms with van der Waals surface area (Å²) in [6.45, 7) is 1.07. The average Bonchev–Trinajstić information content (AvgIpc) is 2.68. The van der Waals surface area contributed by atoms with Gasteiger partial charge < -0.3 is 15.4 Å². The van der Waals surface area contributed by atoms with Crippen molar-refractivity contribution in [3.05, 3.63) is 77.7 Å². The van der Waals surface area contributed by atoms with E-state index in [-0.39, 0.29) is 5.82 Å². The lowest BCUT2D eigenvalue weighted by atomic mass is 10.1. The lowest BCUT2D eigenvalue weighted by Gasteiger charge is -2.09. The fraction of sp³-hybridized carbons (Fsp3) is 0.200. The summed E-state index contributed by atoms with van der Waals surface area (Å²) in [5, 5.41) is 6.32. The number of methoxy groups -OCH3 is 1. The molecule has 26 heavy (non-hydrogen) atoms. The zero-order valence-corrected chi connectivity index (χ0v) is 14.6. The molecule has 0 aliphatic carbocycles. The fourth-order valence-electron chi connectivity index (χ4n) is 2.52. The number of nitrogens with zero attached hydrogens (tertiary/aromatic N) is 2. The van der Waals surface area contributed by atoms with E-state index in [2.05, 4.69) is 26.7 Å². The van der Waals surface area contributed by atoms with E-state index in [9.17, 15) is 4.39 Å². The molecule has 0 saturated heterocycles. The van der Waals surface area contributed by atoms with Crippen molar-refractivity contribution in [2.24, 2.45) is 0 Å². The van der Waals surface area contributed by atoms with E-state index in [0.717, 1.165) is 12.2 Å². The van der Waals surface area contributed by atoms with Gasteiger partial charge in [-0.25, -0.2) is 9.37 Å². The Morgan fingerprint density at radius 2 is 1.92 bits per heavy atom. The van der Waals surface area contributed by atoms with E-state index in [1.807, 2.05) is 24.3 Å². The van der Waals surface area contributed by atoms with Crippen LogP contribution in [0.25, 0.3) is 0 Å². The summed E-state index contributed by atoms with van der Waals surface area (Å²) in [5.41, 5.74) is 1.77. The molecule has 0 amide bonds. The minimum Gasteiger partial charge on any atom is -0.497 e. The largest absolute Gasteiger partial charge is 0.497 e. The Morgan fingerprint density at radius 3 is 2.77 bits per heavy atom. The zero-order valence-electron chi connectivity index (χ0n) is 14.6. The van der Waals surface area contributed by atoms with E-state index >= 15 is 0 Å². The van der Waals surface area contributed by atoms with Crippen LogP contribution in [0.1, 0.15) is 11.1 Å². The maximum atomic E-state index is 13.7. The van der Waals surface area contributed by atoms with Crippen molar-refractivity contribution in [3.8, 4) is 5.75 Å². The first kappa shape index (κ1) is 17.7. The van der Waals surface area contributed by atoms with Gasteiger partial charge in [0.15, 0.2) is 0 Å². The van der Waals surface area contributed by atoms with Gasteiger partial charge in [0, 0.05) is 24.8 Å². The van der Waals surface area contributed by atoms with Gasteiger partial charge in [0.05, 0.1) is 7.11 Å². The third-order valence-corrected chi connectivity index (χ3v) is 3.90. The maximum Gasteiger partial charge on any atom is 0.224 e. The van der Waals surface area contributed by atoms with Gasteiger partial charge >= 0.3 is 0 Å². The normalized spacial score (nSPS) is 10.4. The second-order valence-electron chi connectivity index (χ2n) is 5.74. The maximum absolute atomic E-state index is 13.7. The minimum absolute atomic E-state index is 0.231. The molecule has 0 spiro atoms. The molecule has 1 aromatic heterocycles. The molecular formula is C20H21FN4O. The molecule has 0 saturated carbocycles. The van der Waals surface area contributed by atoms with Gasteiger partial charge in [-0.15, -0.1) is 0 Å². The third kappa shape index (κ3) is 4.92. The molecule has 2 aromatic carbocycles. The van der Waals surface area contributed by atoms with Crippen LogP contribution >= 0.6 is 0 Å². The van der Waals surface area contributed by atoms with Crippen molar-refractivity contribution in [3.63, 3.8) is 0 Å². The van der Waals surface area contributed by atoms with Gasteiger partial charge in [-0.05, 0) is 36.2 Å². The van der Waals surface area contributed by atoms with Crippen LogP contribution in [0.5, 0.6) is 5.75 Å². The quantitative estimate of drug-likeness (QED) is 0.644. The van der Waals surface area contributed by atoms with E-state index in [1.165, 1.54) is 11.6 Å². The first-order valence-corrected chi connectivity index (χ1v) is 8.42. The standard InChI is InChI=1S/C20H21FN4O/c1-26-17-7-4-5-15(13-17)9-11-22-20-23-12-10-19(25-20)24-14-16-6-2-3-8-18(16)21/h2-8,10,12-13H,9,11,14H2,1H3,(H2,22,23,24,25). The Balaban J connectivity index is 1.53. The van der Waals surface area contributed by atoms with Crippen molar-refractivity contribution < 1.29 is 9.13 Å². The number of rotatable bonds is 8. The molecular weight excluding hydrogens is 331 g/mol. The van der Waals surface area contributed by atoms with Gasteiger partial charge in [0.1, 0.15) is 17.4 Å². The summed E-state index contributed by atoms with van der Waals surface area (Å²) < 4.78 is 18.9. The van der Waals surface area contributed by atoms with Crippen LogP contribution in [0.2, 0.25) is 0 Å². The van der Waals surface area contributed by atoms with Gasteiger partial charge in [0.2, 0.25) is 5.95 Å². The SMILES string of the molecule is COc1cccc(CCNc2nccc(NCc3ccccc3F)n2)c1. The van der Waals surface area contributed by atoms with Crippen LogP contribution in [-0.4, -0.2) is 23.6 Å². The summed E-state index contributed by atoms with van der Waals surface area (Å²) in [7, 11) is 1.66. The van der Waals surface area contributed by atoms with Crippen LogP contribution in [-0.2, 0) is 13.0 Å². The number of hydrogen-bond acceptors (Lipinski definition) is 5. The molecule has 0 aliphatic rings. The van der Waals surface area contributed by atoms with Gasteiger partial charge in [-0.3, -0.25) is 0 Å². The Morgan fingerprint density at radius 1 is 1.04 bits per heavy atom. The third-order valence-electron chi connectivity index (χ3n) is 3.90. The minimum atomic E-state index is -0.231. The van der Waals surface area contributed by atoms with Crippen molar-refractivity contribution in [1.82, 2.24) is 9.97 Å². The first-order chi connectivity index (χ1) is 12.7. The smallest absolute Gasteiger partial charge is 0.224 e. The number of nitrogens with one attached hydrogen (secondary N) is 2. The Bertz CT molecular complexity index is 856. The molecule has 6 heteroatoms. The summed E-state index contributed by atoms with van der Waals surface area (Å²) in [5.74, 6) is 1.79. The predicted octanol–water partition coefficient (Wildman–Crippen LogP) is 3.89. The first-order valence-electron chi connectivity index (χ1n) is 8.42. The van der Waals surface area contributed by atoms with Crippen LogP contribution in [0.4, 0.5) is 16.2 Å². The highest BCUT2D eigenvalue weighted by molar-refractivity contribution is 5.40. The Kier molecular flexibility index (Phi) is 5.98. The zero-order chi connectivity index (χ0) is 18.2. The van der Waals surface area contributed by atoms with Crippen molar-refractivity contribution >= 4 is 11.8 Å². The molecule has 134 valence electrons. The molecule has 2 N–H and O–H groups in total. The van der Waals surface area contributed by atoms with Crippen LogP contribution in [0.3, 0.4) is 0 Å². The average molecular weight is 352 g/mol. The molecule has 3 aromatic rings. The number of halogens is 1. The molecule has 0 fully saturated rings. The van der Waals surface area contributed by atoms with Gasteiger partial charge in [-0.2, -0.15) is 4.98 Å². The van der Waals surface area contributed by atoms with E-state index in [0.29, 0.717) is 30.4 Å². The highest BCUT2D eigenvalue weighted by Crippen LogP contribution is 2.14.